The Kier molecular flexibility index (Phi) is 5.84. The molecule has 1 atom stereocenters. The van der Waals surface area contributed by atoms with Crippen LogP contribution in [0.25, 0.3) is 0 Å². The summed E-state index contributed by atoms with van der Waals surface area (Å²) in [6.45, 7) is 6.59. The van der Waals surface area contributed by atoms with Crippen LogP contribution in [0.1, 0.15) is 44.0 Å². The fourth-order valence-electron chi connectivity index (χ4n) is 2.38. The van der Waals surface area contributed by atoms with Crippen molar-refractivity contribution in [1.82, 2.24) is 4.90 Å². The van der Waals surface area contributed by atoms with Crippen molar-refractivity contribution < 1.29 is 23.8 Å². The minimum Gasteiger partial charge on any atom is -0.466 e. The maximum Gasteiger partial charge on any atom is 0.307 e. The normalized spacial score (nSPS) is 13.5. The minimum absolute atomic E-state index is 0.0300. The Morgan fingerprint density at radius 1 is 1.26 bits per heavy atom. The van der Waals surface area contributed by atoms with Crippen LogP contribution >= 0.6 is 0 Å². The molecule has 6 nitrogen and oxygen atoms in total. The highest BCUT2D eigenvalue weighted by molar-refractivity contribution is 5.95. The fourth-order valence-corrected chi connectivity index (χ4v) is 2.38. The van der Waals surface area contributed by atoms with Gasteiger partial charge in [0.15, 0.2) is 11.5 Å². The third-order valence-corrected chi connectivity index (χ3v) is 3.87. The van der Waals surface area contributed by atoms with Crippen LogP contribution in [0.3, 0.4) is 0 Å². The molecule has 0 saturated heterocycles. The van der Waals surface area contributed by atoms with Gasteiger partial charge >= 0.3 is 5.97 Å². The van der Waals surface area contributed by atoms with Crippen molar-refractivity contribution >= 4 is 11.9 Å². The van der Waals surface area contributed by atoms with Crippen LogP contribution in [0.4, 0.5) is 0 Å². The Balaban J connectivity index is 2.11. The molecule has 126 valence electrons. The zero-order chi connectivity index (χ0) is 16.8. The van der Waals surface area contributed by atoms with Crippen LogP contribution in [0.15, 0.2) is 18.2 Å². The number of esters is 1. The van der Waals surface area contributed by atoms with Crippen LogP contribution in [0.2, 0.25) is 0 Å². The maximum absolute atomic E-state index is 12.8. The molecule has 1 aliphatic rings. The summed E-state index contributed by atoms with van der Waals surface area (Å²) in [5.74, 6) is 0.801. The molecule has 1 amide bonds. The molecule has 1 aromatic carbocycles. The van der Waals surface area contributed by atoms with E-state index in [0.29, 0.717) is 30.2 Å². The molecule has 0 aliphatic carbocycles. The fraction of sp³-hybridized carbons (Fsp3) is 0.529. The highest BCUT2D eigenvalue weighted by Crippen LogP contribution is 2.33. The van der Waals surface area contributed by atoms with Crippen LogP contribution in [0.5, 0.6) is 11.5 Å². The minimum atomic E-state index is -0.292. The van der Waals surface area contributed by atoms with Crippen LogP contribution in [0, 0.1) is 0 Å². The van der Waals surface area contributed by atoms with Gasteiger partial charge in [0.05, 0.1) is 13.0 Å². The number of rotatable bonds is 7. The van der Waals surface area contributed by atoms with Crippen LogP contribution in [-0.4, -0.2) is 42.8 Å². The molecule has 1 heterocycles. The Bertz CT molecular complexity index is 572. The highest BCUT2D eigenvalue weighted by atomic mass is 16.7. The Morgan fingerprint density at radius 2 is 2.00 bits per heavy atom. The number of fused-ring (bicyclic) bond motifs is 1. The van der Waals surface area contributed by atoms with Gasteiger partial charge in [0.1, 0.15) is 0 Å². The molecule has 2 rings (SSSR count). The van der Waals surface area contributed by atoms with E-state index in [0.717, 1.165) is 6.42 Å². The van der Waals surface area contributed by atoms with E-state index in [-0.39, 0.29) is 31.1 Å². The topological polar surface area (TPSA) is 65.1 Å². The molecule has 1 aliphatic heterocycles. The largest absolute Gasteiger partial charge is 0.466 e. The van der Waals surface area contributed by atoms with Gasteiger partial charge in [0.2, 0.25) is 6.79 Å². The van der Waals surface area contributed by atoms with Gasteiger partial charge < -0.3 is 19.1 Å². The lowest BCUT2D eigenvalue weighted by molar-refractivity contribution is -0.143. The molecule has 0 bridgehead atoms. The van der Waals surface area contributed by atoms with Gasteiger partial charge in [-0.25, -0.2) is 0 Å². The summed E-state index contributed by atoms with van der Waals surface area (Å²) in [5.41, 5.74) is 0.526. The summed E-state index contributed by atoms with van der Waals surface area (Å²) in [6.07, 6.45) is 0.994. The monoisotopic (exact) mass is 321 g/mol. The number of amides is 1. The molecule has 0 spiro atoms. The van der Waals surface area contributed by atoms with E-state index < -0.39 is 0 Å². The predicted molar refractivity (Wildman–Crippen MR) is 84.6 cm³/mol. The third kappa shape index (κ3) is 4.15. The van der Waals surface area contributed by atoms with Crippen molar-refractivity contribution in [2.45, 2.75) is 39.7 Å². The first-order chi connectivity index (χ1) is 11.1. The third-order valence-electron chi connectivity index (χ3n) is 3.87. The van der Waals surface area contributed by atoms with Gasteiger partial charge in [-0.2, -0.15) is 0 Å². The van der Waals surface area contributed by atoms with Crippen LogP contribution < -0.4 is 9.47 Å². The quantitative estimate of drug-likeness (QED) is 0.722. The second-order valence-corrected chi connectivity index (χ2v) is 5.38. The van der Waals surface area contributed by atoms with E-state index in [1.807, 2.05) is 13.8 Å². The summed E-state index contributed by atoms with van der Waals surface area (Å²) in [4.78, 5) is 26.1. The Hall–Kier alpha value is -2.24. The molecule has 0 saturated carbocycles. The summed E-state index contributed by atoms with van der Waals surface area (Å²) < 4.78 is 15.5. The van der Waals surface area contributed by atoms with E-state index in [1.54, 1.807) is 30.0 Å². The molecular weight excluding hydrogens is 298 g/mol. The second kappa shape index (κ2) is 7.85. The second-order valence-electron chi connectivity index (χ2n) is 5.38. The molecule has 6 heteroatoms. The van der Waals surface area contributed by atoms with Crippen molar-refractivity contribution in [1.29, 1.82) is 0 Å². The van der Waals surface area contributed by atoms with E-state index in [2.05, 4.69) is 0 Å². The van der Waals surface area contributed by atoms with Crippen molar-refractivity contribution in [2.75, 3.05) is 19.9 Å². The number of nitrogens with zero attached hydrogens (tertiary/aromatic N) is 1. The lowest BCUT2D eigenvalue weighted by Gasteiger charge is -2.28. The van der Waals surface area contributed by atoms with Crippen LogP contribution in [-0.2, 0) is 9.53 Å². The van der Waals surface area contributed by atoms with E-state index in [1.165, 1.54) is 0 Å². The van der Waals surface area contributed by atoms with Crippen molar-refractivity contribution in [3.05, 3.63) is 23.8 Å². The average Bonchev–Trinajstić information content (AvgIpc) is 3.02. The number of ether oxygens (including phenoxy) is 3. The zero-order valence-electron chi connectivity index (χ0n) is 13.8. The number of benzene rings is 1. The smallest absolute Gasteiger partial charge is 0.307 e. The van der Waals surface area contributed by atoms with Gasteiger partial charge in [-0.1, -0.05) is 6.92 Å². The number of hydrogen-bond acceptors (Lipinski definition) is 5. The first-order valence-corrected chi connectivity index (χ1v) is 7.93. The Labute approximate surface area is 136 Å². The summed E-state index contributed by atoms with van der Waals surface area (Å²) >= 11 is 0. The standard InChI is InChI=1S/C17H23NO5/c1-4-12(3)18(9-8-16(19)21-5-2)17(20)13-6-7-14-15(10-13)23-11-22-14/h6-7,10,12H,4-5,8-9,11H2,1-3H3. The molecule has 0 fully saturated rings. The SMILES string of the molecule is CCOC(=O)CCN(C(=O)c1ccc2c(c1)OCO2)C(C)CC. The average molecular weight is 321 g/mol. The van der Waals surface area contributed by atoms with E-state index in [4.69, 9.17) is 14.2 Å². The lowest BCUT2D eigenvalue weighted by atomic mass is 10.1. The van der Waals surface area contributed by atoms with Crippen molar-refractivity contribution in [2.24, 2.45) is 0 Å². The van der Waals surface area contributed by atoms with Crippen molar-refractivity contribution in [3.8, 4) is 11.5 Å². The molecule has 1 aromatic rings. The van der Waals surface area contributed by atoms with Gasteiger partial charge in [0, 0.05) is 18.2 Å². The van der Waals surface area contributed by atoms with Gasteiger partial charge in [0.25, 0.3) is 5.91 Å². The summed E-state index contributed by atoms with van der Waals surface area (Å²) in [7, 11) is 0. The van der Waals surface area contributed by atoms with Gasteiger partial charge in [-0.05, 0) is 38.5 Å². The van der Waals surface area contributed by atoms with Crippen molar-refractivity contribution in [3.63, 3.8) is 0 Å². The lowest BCUT2D eigenvalue weighted by Crippen LogP contribution is -2.39. The predicted octanol–water partition coefficient (Wildman–Crippen LogP) is 2.61. The number of hydrogen-bond donors (Lipinski definition) is 0. The molecule has 0 aromatic heterocycles. The maximum atomic E-state index is 12.8. The van der Waals surface area contributed by atoms with Gasteiger partial charge in [-0.3, -0.25) is 9.59 Å². The summed E-state index contributed by atoms with van der Waals surface area (Å²) in [6, 6.07) is 5.16. The first kappa shape index (κ1) is 17.1. The molecule has 23 heavy (non-hydrogen) atoms. The highest BCUT2D eigenvalue weighted by Gasteiger charge is 2.24. The van der Waals surface area contributed by atoms with E-state index >= 15 is 0 Å². The molecule has 0 radical (unpaired) electrons. The molecule has 1 unspecified atom stereocenters. The van der Waals surface area contributed by atoms with E-state index in [9.17, 15) is 9.59 Å². The number of carbonyl (C=O) groups excluding carboxylic acids is 2. The summed E-state index contributed by atoms with van der Waals surface area (Å²) in [5, 5.41) is 0. The molecular formula is C17H23NO5. The number of carbonyl (C=O) groups is 2. The first-order valence-electron chi connectivity index (χ1n) is 7.93. The Morgan fingerprint density at radius 3 is 2.70 bits per heavy atom. The zero-order valence-corrected chi connectivity index (χ0v) is 13.8. The molecule has 0 N–H and O–H groups in total. The van der Waals surface area contributed by atoms with Gasteiger partial charge in [-0.15, -0.1) is 0 Å².